The maximum atomic E-state index is 13.7. The summed E-state index contributed by atoms with van der Waals surface area (Å²) in [5, 5.41) is 4.89. The van der Waals surface area contributed by atoms with Gasteiger partial charge in [-0.1, -0.05) is 0 Å². The zero-order valence-electron chi connectivity index (χ0n) is 16.3. The second-order valence-corrected chi connectivity index (χ2v) is 6.31. The summed E-state index contributed by atoms with van der Waals surface area (Å²) >= 11 is 0. The van der Waals surface area contributed by atoms with Crippen molar-refractivity contribution in [3.05, 3.63) is 53.6 Å². The SMILES string of the molecule is CCN(CC)C(=O)c1cc(NC(=O)Nc2ccc(F)cc2F)ccc1N(C)C. The number of anilines is 3. The van der Waals surface area contributed by atoms with Crippen molar-refractivity contribution in [1.82, 2.24) is 4.90 Å². The molecule has 6 nitrogen and oxygen atoms in total. The molecule has 0 radical (unpaired) electrons. The van der Waals surface area contributed by atoms with Gasteiger partial charge in [-0.05, 0) is 44.2 Å². The molecule has 0 aliphatic heterocycles. The van der Waals surface area contributed by atoms with E-state index >= 15 is 0 Å². The number of hydrogen-bond donors (Lipinski definition) is 2. The Bertz CT molecular complexity index is 867. The second-order valence-electron chi connectivity index (χ2n) is 6.31. The monoisotopic (exact) mass is 390 g/mol. The first kappa shape index (κ1) is 21.1. The van der Waals surface area contributed by atoms with Crippen LogP contribution in [0.3, 0.4) is 0 Å². The van der Waals surface area contributed by atoms with Crippen LogP contribution in [0.2, 0.25) is 0 Å². The number of carbonyl (C=O) groups excluding carboxylic acids is 2. The molecule has 0 bridgehead atoms. The normalized spacial score (nSPS) is 10.4. The van der Waals surface area contributed by atoms with E-state index in [2.05, 4.69) is 10.6 Å². The molecule has 150 valence electrons. The van der Waals surface area contributed by atoms with Gasteiger partial charge in [0.1, 0.15) is 11.6 Å². The van der Waals surface area contributed by atoms with Crippen LogP contribution >= 0.6 is 0 Å². The van der Waals surface area contributed by atoms with Crippen LogP contribution < -0.4 is 15.5 Å². The Morgan fingerprint density at radius 3 is 2.21 bits per heavy atom. The standard InChI is InChI=1S/C20H24F2N4O2/c1-5-26(6-2)19(27)15-12-14(8-10-18(15)25(3)4)23-20(28)24-17-9-7-13(21)11-16(17)22/h7-12H,5-6H2,1-4H3,(H2,23,24,28). The van der Waals surface area contributed by atoms with Crippen molar-refractivity contribution >= 4 is 29.0 Å². The molecule has 0 heterocycles. The van der Waals surface area contributed by atoms with E-state index in [9.17, 15) is 18.4 Å². The molecule has 3 amide bonds. The molecule has 2 aromatic carbocycles. The number of urea groups is 1. The quantitative estimate of drug-likeness (QED) is 0.779. The first-order chi connectivity index (χ1) is 13.3. The Morgan fingerprint density at radius 1 is 0.964 bits per heavy atom. The van der Waals surface area contributed by atoms with Crippen LogP contribution in [-0.4, -0.2) is 44.0 Å². The second kappa shape index (κ2) is 9.16. The van der Waals surface area contributed by atoms with E-state index in [0.29, 0.717) is 36.1 Å². The lowest BCUT2D eigenvalue weighted by atomic mass is 10.1. The first-order valence-corrected chi connectivity index (χ1v) is 8.90. The van der Waals surface area contributed by atoms with Gasteiger partial charge in [0.15, 0.2) is 0 Å². The average Bonchev–Trinajstić information content (AvgIpc) is 2.64. The van der Waals surface area contributed by atoms with Gasteiger partial charge in [-0.15, -0.1) is 0 Å². The summed E-state index contributed by atoms with van der Waals surface area (Å²) in [5.41, 5.74) is 1.39. The molecule has 8 heteroatoms. The van der Waals surface area contributed by atoms with Gasteiger partial charge in [-0.3, -0.25) is 4.79 Å². The third kappa shape index (κ3) is 4.97. The predicted octanol–water partition coefficient (Wildman–Crippen LogP) is 4.16. The number of hydrogen-bond acceptors (Lipinski definition) is 3. The van der Waals surface area contributed by atoms with Gasteiger partial charge < -0.3 is 20.4 Å². The molecule has 0 spiro atoms. The van der Waals surface area contributed by atoms with Crippen LogP contribution in [0.1, 0.15) is 24.2 Å². The van der Waals surface area contributed by atoms with Crippen molar-refractivity contribution in [3.8, 4) is 0 Å². The summed E-state index contributed by atoms with van der Waals surface area (Å²) in [6.07, 6.45) is 0. The van der Waals surface area contributed by atoms with Gasteiger partial charge in [-0.2, -0.15) is 0 Å². The van der Waals surface area contributed by atoms with Crippen molar-refractivity contribution in [3.63, 3.8) is 0 Å². The van der Waals surface area contributed by atoms with E-state index < -0.39 is 17.7 Å². The highest BCUT2D eigenvalue weighted by Crippen LogP contribution is 2.25. The van der Waals surface area contributed by atoms with Crippen LogP contribution in [0.5, 0.6) is 0 Å². The van der Waals surface area contributed by atoms with Crippen LogP contribution in [0.25, 0.3) is 0 Å². The van der Waals surface area contributed by atoms with E-state index in [0.717, 1.165) is 12.1 Å². The molecule has 0 aliphatic rings. The van der Waals surface area contributed by atoms with Crippen molar-refractivity contribution in [2.75, 3.05) is 42.7 Å². The number of rotatable bonds is 6. The number of amides is 3. The Balaban J connectivity index is 2.24. The van der Waals surface area contributed by atoms with E-state index in [1.54, 1.807) is 23.1 Å². The molecule has 0 unspecified atom stereocenters. The molecule has 28 heavy (non-hydrogen) atoms. The van der Waals surface area contributed by atoms with Gasteiger partial charge in [0.2, 0.25) is 0 Å². The third-order valence-corrected chi connectivity index (χ3v) is 4.20. The minimum absolute atomic E-state index is 0.150. The number of nitrogens with one attached hydrogen (secondary N) is 2. The summed E-state index contributed by atoms with van der Waals surface area (Å²) in [7, 11) is 3.65. The lowest BCUT2D eigenvalue weighted by molar-refractivity contribution is 0.0773. The maximum absolute atomic E-state index is 13.7. The molecule has 0 saturated carbocycles. The molecule has 0 aromatic heterocycles. The fourth-order valence-electron chi connectivity index (χ4n) is 2.73. The summed E-state index contributed by atoms with van der Waals surface area (Å²) in [5.74, 6) is -1.76. The Kier molecular flexibility index (Phi) is 6.92. The van der Waals surface area contributed by atoms with Gasteiger partial charge in [-0.25, -0.2) is 13.6 Å². The number of nitrogens with zero attached hydrogens (tertiary/aromatic N) is 2. The number of halogens is 2. The molecule has 0 aliphatic carbocycles. The predicted molar refractivity (Wildman–Crippen MR) is 107 cm³/mol. The highest BCUT2D eigenvalue weighted by Gasteiger charge is 2.19. The van der Waals surface area contributed by atoms with Crippen LogP contribution in [0, 0.1) is 11.6 Å². The molecule has 0 fully saturated rings. The molecule has 0 saturated heterocycles. The van der Waals surface area contributed by atoms with E-state index in [1.165, 1.54) is 0 Å². The lowest BCUT2D eigenvalue weighted by Gasteiger charge is -2.23. The van der Waals surface area contributed by atoms with Crippen LogP contribution in [0.4, 0.5) is 30.6 Å². The summed E-state index contributed by atoms with van der Waals surface area (Å²) in [4.78, 5) is 28.5. The minimum atomic E-state index is -0.879. The third-order valence-electron chi connectivity index (χ3n) is 4.20. The molecule has 2 N–H and O–H groups in total. The fourth-order valence-corrected chi connectivity index (χ4v) is 2.73. The minimum Gasteiger partial charge on any atom is -0.377 e. The molecular formula is C20H24F2N4O2. The Hall–Kier alpha value is -3.16. The largest absolute Gasteiger partial charge is 0.377 e. The van der Waals surface area contributed by atoms with Crippen LogP contribution in [0.15, 0.2) is 36.4 Å². The summed E-state index contributed by atoms with van der Waals surface area (Å²) in [6.45, 7) is 4.90. The summed E-state index contributed by atoms with van der Waals surface area (Å²) in [6, 6.07) is 7.11. The maximum Gasteiger partial charge on any atom is 0.323 e. The van der Waals surface area contributed by atoms with Gasteiger partial charge in [0.25, 0.3) is 5.91 Å². The van der Waals surface area contributed by atoms with Crippen molar-refractivity contribution in [2.45, 2.75) is 13.8 Å². The number of carbonyl (C=O) groups is 2. The number of benzene rings is 2. The summed E-state index contributed by atoms with van der Waals surface area (Å²) < 4.78 is 26.7. The van der Waals surface area contributed by atoms with Gasteiger partial charge in [0.05, 0.1) is 11.3 Å². The molecule has 2 aromatic rings. The van der Waals surface area contributed by atoms with Gasteiger partial charge in [0, 0.05) is 44.6 Å². The topological polar surface area (TPSA) is 64.7 Å². The molecule has 0 atom stereocenters. The fraction of sp³-hybridized carbons (Fsp3) is 0.300. The Morgan fingerprint density at radius 2 is 1.64 bits per heavy atom. The smallest absolute Gasteiger partial charge is 0.323 e. The van der Waals surface area contributed by atoms with Crippen LogP contribution in [-0.2, 0) is 0 Å². The van der Waals surface area contributed by atoms with E-state index in [1.807, 2.05) is 32.8 Å². The highest BCUT2D eigenvalue weighted by atomic mass is 19.1. The first-order valence-electron chi connectivity index (χ1n) is 8.90. The average molecular weight is 390 g/mol. The molecule has 2 rings (SSSR count). The van der Waals surface area contributed by atoms with Crippen molar-refractivity contribution in [2.24, 2.45) is 0 Å². The highest BCUT2D eigenvalue weighted by molar-refractivity contribution is 6.04. The zero-order chi connectivity index (χ0) is 20.8. The Labute approximate surface area is 163 Å². The molecular weight excluding hydrogens is 366 g/mol. The van der Waals surface area contributed by atoms with E-state index in [-0.39, 0.29) is 11.6 Å². The van der Waals surface area contributed by atoms with Crippen molar-refractivity contribution < 1.29 is 18.4 Å². The zero-order valence-corrected chi connectivity index (χ0v) is 16.3. The van der Waals surface area contributed by atoms with Gasteiger partial charge >= 0.3 is 6.03 Å². The lowest BCUT2D eigenvalue weighted by Crippen LogP contribution is -2.32. The van der Waals surface area contributed by atoms with E-state index in [4.69, 9.17) is 0 Å². The van der Waals surface area contributed by atoms with Crippen molar-refractivity contribution in [1.29, 1.82) is 0 Å².